The van der Waals surface area contributed by atoms with Crippen molar-refractivity contribution in [2.24, 2.45) is 23.2 Å². The minimum Gasteiger partial charge on any atom is -0.461 e. The number of benzene rings is 1. The molecule has 0 bridgehead atoms. The zero-order chi connectivity index (χ0) is 22.3. The van der Waals surface area contributed by atoms with Gasteiger partial charge in [-0.1, -0.05) is 55.8 Å². The van der Waals surface area contributed by atoms with Gasteiger partial charge >= 0.3 is 5.97 Å². The molecule has 1 saturated carbocycles. The number of fused-ring (bicyclic) bond motifs is 2. The Bertz CT molecular complexity index is 848. The summed E-state index contributed by atoms with van der Waals surface area (Å²) >= 11 is 0. The van der Waals surface area contributed by atoms with E-state index in [4.69, 9.17) is 4.74 Å². The van der Waals surface area contributed by atoms with E-state index < -0.39 is 6.10 Å². The summed E-state index contributed by atoms with van der Waals surface area (Å²) in [5.74, 6) is -0.0408. The van der Waals surface area contributed by atoms with Gasteiger partial charge in [-0.3, -0.25) is 9.69 Å². The number of hydrogen-bond acceptors (Lipinski definition) is 5. The lowest BCUT2D eigenvalue weighted by Crippen LogP contribution is -2.55. The standard InChI is InChI=1S/C27H38N2O3/c1-18-7-6-10-20-15-23-24(25(30)27(18,20)2)22(26(31)32-23)16-28-21-11-13-29(14-12-21)17-19-8-4-3-5-9-19/h3-5,8-10,18,21-25,28,30H,6-7,11-17H2,1-2H3. The molecule has 32 heavy (non-hydrogen) atoms. The van der Waals surface area contributed by atoms with Crippen molar-refractivity contribution in [1.82, 2.24) is 10.2 Å². The molecular weight excluding hydrogens is 400 g/mol. The van der Waals surface area contributed by atoms with Gasteiger partial charge in [0.15, 0.2) is 0 Å². The van der Waals surface area contributed by atoms with Crippen LogP contribution in [0.4, 0.5) is 0 Å². The predicted octanol–water partition coefficient (Wildman–Crippen LogP) is 3.53. The van der Waals surface area contributed by atoms with E-state index >= 15 is 0 Å². The molecular formula is C27H38N2O3. The van der Waals surface area contributed by atoms with E-state index in [1.54, 1.807) is 0 Å². The number of rotatable bonds is 5. The van der Waals surface area contributed by atoms with Crippen LogP contribution in [0.5, 0.6) is 0 Å². The minimum absolute atomic E-state index is 0.101. The highest BCUT2D eigenvalue weighted by Gasteiger charge is 2.59. The lowest BCUT2D eigenvalue weighted by molar-refractivity contribution is -0.144. The summed E-state index contributed by atoms with van der Waals surface area (Å²) in [5, 5.41) is 15.2. The van der Waals surface area contributed by atoms with Crippen molar-refractivity contribution in [1.29, 1.82) is 0 Å². The van der Waals surface area contributed by atoms with Crippen LogP contribution in [0.25, 0.3) is 0 Å². The fraction of sp³-hybridized carbons (Fsp3) is 0.667. The van der Waals surface area contributed by atoms with Crippen LogP contribution in [0, 0.1) is 23.2 Å². The van der Waals surface area contributed by atoms with Crippen molar-refractivity contribution < 1.29 is 14.6 Å². The average Bonchev–Trinajstić information content (AvgIpc) is 3.11. The predicted molar refractivity (Wildman–Crippen MR) is 125 cm³/mol. The summed E-state index contributed by atoms with van der Waals surface area (Å²) in [7, 11) is 0. The molecule has 2 aliphatic heterocycles. The fourth-order valence-electron chi connectivity index (χ4n) is 6.73. The summed E-state index contributed by atoms with van der Waals surface area (Å²) in [6.45, 7) is 8.22. The Balaban J connectivity index is 1.18. The van der Waals surface area contributed by atoms with Crippen LogP contribution >= 0.6 is 0 Å². The maximum atomic E-state index is 12.8. The number of carbonyl (C=O) groups is 1. The summed E-state index contributed by atoms with van der Waals surface area (Å²) in [6.07, 6.45) is 6.76. The van der Waals surface area contributed by atoms with E-state index in [0.717, 1.165) is 51.7 Å². The summed E-state index contributed by atoms with van der Waals surface area (Å²) < 4.78 is 5.81. The van der Waals surface area contributed by atoms with Gasteiger partial charge in [-0.25, -0.2) is 0 Å². The minimum atomic E-state index is -0.520. The highest BCUT2D eigenvalue weighted by Crippen LogP contribution is 2.55. The Kier molecular flexibility index (Phi) is 6.17. The van der Waals surface area contributed by atoms with E-state index in [0.29, 0.717) is 18.5 Å². The maximum Gasteiger partial charge on any atom is 0.311 e. The molecule has 4 aliphatic rings. The van der Waals surface area contributed by atoms with Crippen molar-refractivity contribution in [3.05, 3.63) is 47.5 Å². The third kappa shape index (κ3) is 3.93. The molecule has 2 saturated heterocycles. The number of esters is 1. The first-order chi connectivity index (χ1) is 15.5. The Labute approximate surface area is 192 Å². The van der Waals surface area contributed by atoms with Crippen LogP contribution in [0.15, 0.2) is 42.0 Å². The zero-order valence-corrected chi connectivity index (χ0v) is 19.5. The first kappa shape index (κ1) is 22.1. The first-order valence-electron chi connectivity index (χ1n) is 12.5. The first-order valence-corrected chi connectivity index (χ1v) is 12.5. The lowest BCUT2D eigenvalue weighted by Gasteiger charge is -2.51. The Morgan fingerprint density at radius 2 is 1.94 bits per heavy atom. The van der Waals surface area contributed by atoms with Gasteiger partial charge in [0.1, 0.15) is 6.10 Å². The molecule has 2 heterocycles. The fourth-order valence-corrected chi connectivity index (χ4v) is 6.73. The van der Waals surface area contributed by atoms with Gasteiger partial charge in [0.25, 0.3) is 0 Å². The Morgan fingerprint density at radius 1 is 1.19 bits per heavy atom. The van der Waals surface area contributed by atoms with Crippen molar-refractivity contribution >= 4 is 5.97 Å². The van der Waals surface area contributed by atoms with Crippen molar-refractivity contribution in [3.63, 3.8) is 0 Å². The van der Waals surface area contributed by atoms with Gasteiger partial charge in [-0.15, -0.1) is 0 Å². The van der Waals surface area contributed by atoms with E-state index in [2.05, 4.69) is 60.5 Å². The smallest absolute Gasteiger partial charge is 0.311 e. The largest absolute Gasteiger partial charge is 0.461 e. The number of hydrogen-bond donors (Lipinski definition) is 2. The van der Waals surface area contributed by atoms with Crippen molar-refractivity contribution in [2.45, 2.75) is 70.7 Å². The number of nitrogens with one attached hydrogen (secondary N) is 1. The third-order valence-corrected chi connectivity index (χ3v) is 9.03. The molecule has 1 aromatic carbocycles. The van der Waals surface area contributed by atoms with Gasteiger partial charge in [-0.2, -0.15) is 0 Å². The summed E-state index contributed by atoms with van der Waals surface area (Å²) in [4.78, 5) is 15.3. The van der Waals surface area contributed by atoms with Crippen molar-refractivity contribution in [3.8, 4) is 0 Å². The number of ether oxygens (including phenoxy) is 1. The number of allylic oxidation sites excluding steroid dienone is 1. The monoisotopic (exact) mass is 438 g/mol. The third-order valence-electron chi connectivity index (χ3n) is 9.03. The highest BCUT2D eigenvalue weighted by molar-refractivity contribution is 5.76. The lowest BCUT2D eigenvalue weighted by atomic mass is 9.55. The van der Waals surface area contributed by atoms with E-state index in [1.807, 2.05) is 0 Å². The van der Waals surface area contributed by atoms with E-state index in [9.17, 15) is 9.90 Å². The normalized spacial score (nSPS) is 38.0. The molecule has 174 valence electrons. The van der Waals surface area contributed by atoms with Gasteiger partial charge in [-0.05, 0) is 50.3 Å². The molecule has 1 aromatic rings. The molecule has 2 aliphatic carbocycles. The summed E-state index contributed by atoms with van der Waals surface area (Å²) in [5.41, 5.74) is 2.44. The Hall–Kier alpha value is -1.69. The molecule has 0 amide bonds. The second-order valence-electron chi connectivity index (χ2n) is 10.7. The van der Waals surface area contributed by atoms with Gasteiger partial charge in [0.05, 0.1) is 12.0 Å². The van der Waals surface area contributed by atoms with Crippen LogP contribution in [-0.4, -0.2) is 53.9 Å². The molecule has 3 fully saturated rings. The molecule has 5 nitrogen and oxygen atoms in total. The maximum absolute atomic E-state index is 12.8. The number of aliphatic hydroxyl groups excluding tert-OH is 1. The van der Waals surface area contributed by atoms with Gasteiger partial charge in [0.2, 0.25) is 0 Å². The van der Waals surface area contributed by atoms with Crippen LogP contribution < -0.4 is 5.32 Å². The number of likely N-dealkylation sites (tertiary alicyclic amines) is 1. The van der Waals surface area contributed by atoms with E-state index in [-0.39, 0.29) is 29.3 Å². The van der Waals surface area contributed by atoms with Gasteiger partial charge < -0.3 is 15.2 Å². The van der Waals surface area contributed by atoms with Crippen molar-refractivity contribution in [2.75, 3.05) is 19.6 Å². The molecule has 2 N–H and O–H groups in total. The van der Waals surface area contributed by atoms with Crippen LogP contribution in [0.1, 0.15) is 51.5 Å². The highest BCUT2D eigenvalue weighted by atomic mass is 16.6. The number of nitrogens with zero attached hydrogens (tertiary/aromatic N) is 1. The average molecular weight is 439 g/mol. The second kappa shape index (κ2) is 8.92. The summed E-state index contributed by atoms with van der Waals surface area (Å²) in [6, 6.07) is 11.1. The molecule has 6 unspecified atom stereocenters. The second-order valence-corrected chi connectivity index (χ2v) is 10.7. The van der Waals surface area contributed by atoms with Gasteiger partial charge in [0, 0.05) is 36.9 Å². The molecule has 0 radical (unpaired) electrons. The Morgan fingerprint density at radius 3 is 2.69 bits per heavy atom. The quantitative estimate of drug-likeness (QED) is 0.544. The number of piperidine rings is 1. The van der Waals surface area contributed by atoms with E-state index in [1.165, 1.54) is 11.1 Å². The molecule has 0 spiro atoms. The number of aliphatic hydroxyl groups is 1. The molecule has 5 heteroatoms. The van der Waals surface area contributed by atoms with Crippen LogP contribution in [-0.2, 0) is 16.1 Å². The van der Waals surface area contributed by atoms with Crippen LogP contribution in [0.3, 0.4) is 0 Å². The topological polar surface area (TPSA) is 61.8 Å². The number of carbonyl (C=O) groups excluding carboxylic acids is 1. The SMILES string of the molecule is CC1CCC=C2CC3OC(=O)C(CNC4CCN(Cc5ccccc5)CC4)C3C(O)C21C. The molecule has 6 atom stereocenters. The van der Waals surface area contributed by atoms with Crippen LogP contribution in [0.2, 0.25) is 0 Å². The molecule has 5 rings (SSSR count). The molecule has 0 aromatic heterocycles. The zero-order valence-electron chi connectivity index (χ0n) is 19.5.